The fraction of sp³-hybridized carbons (Fsp3) is 0.714. The lowest BCUT2D eigenvalue weighted by atomic mass is 10.4. The summed E-state index contributed by atoms with van der Waals surface area (Å²) in [5.41, 5.74) is 0. The molecule has 2 heteroatoms. The smallest absolute Gasteiger partial charge is 0.0834 e. The van der Waals surface area contributed by atoms with Gasteiger partial charge in [0.2, 0.25) is 0 Å². The molecule has 0 aliphatic carbocycles. The van der Waals surface area contributed by atoms with Gasteiger partial charge in [0.25, 0.3) is 0 Å². The molecule has 0 bridgehead atoms. The van der Waals surface area contributed by atoms with E-state index in [9.17, 15) is 5.11 Å². The van der Waals surface area contributed by atoms with Gasteiger partial charge in [0, 0.05) is 19.6 Å². The molecule has 0 saturated heterocycles. The van der Waals surface area contributed by atoms with Crippen molar-refractivity contribution in [3.63, 3.8) is 0 Å². The molecule has 9 heavy (non-hydrogen) atoms. The minimum Gasteiger partial charge on any atom is -0.296 e. The molecule has 0 amide bonds. The van der Waals surface area contributed by atoms with Gasteiger partial charge in [0.1, 0.15) is 0 Å². The highest BCUT2D eigenvalue weighted by molar-refractivity contribution is 4.94. The maximum Gasteiger partial charge on any atom is 0.0834 e. The van der Waals surface area contributed by atoms with E-state index >= 15 is 0 Å². The van der Waals surface area contributed by atoms with E-state index in [0.29, 0.717) is 0 Å². The first-order chi connectivity index (χ1) is 4.43. The van der Waals surface area contributed by atoms with Crippen LogP contribution in [-0.4, -0.2) is 31.1 Å². The summed E-state index contributed by atoms with van der Waals surface area (Å²) in [6.07, 6.45) is 5.08. The lowest BCUT2D eigenvalue weighted by Crippen LogP contribution is -2.21. The van der Waals surface area contributed by atoms with Crippen LogP contribution in [0.2, 0.25) is 0 Å². The molecular formula is C7H12NO. The Labute approximate surface area is 55.8 Å². The van der Waals surface area contributed by atoms with Crippen molar-refractivity contribution in [2.75, 3.05) is 26.2 Å². The Balaban J connectivity index is 2.01. The van der Waals surface area contributed by atoms with Gasteiger partial charge < -0.3 is 0 Å². The van der Waals surface area contributed by atoms with E-state index in [1.807, 2.05) is 0 Å². The van der Waals surface area contributed by atoms with Crippen LogP contribution in [0.3, 0.4) is 0 Å². The topological polar surface area (TPSA) is 23.1 Å². The average molecular weight is 126 g/mol. The van der Waals surface area contributed by atoms with E-state index in [4.69, 9.17) is 0 Å². The Morgan fingerprint density at radius 2 is 2.00 bits per heavy atom. The zero-order valence-corrected chi connectivity index (χ0v) is 5.55. The Hall–Kier alpha value is -0.340. The Bertz CT molecular complexity index is 93.1. The predicted molar refractivity (Wildman–Crippen MR) is 35.8 cm³/mol. The summed E-state index contributed by atoms with van der Waals surface area (Å²) in [6, 6.07) is 0. The first kappa shape index (κ1) is 6.78. The van der Waals surface area contributed by atoms with Crippen LogP contribution in [0.25, 0.3) is 0 Å². The first-order valence-corrected chi connectivity index (χ1v) is 3.39. The van der Waals surface area contributed by atoms with Crippen LogP contribution in [0, 0.1) is 0 Å². The van der Waals surface area contributed by atoms with Crippen LogP contribution >= 0.6 is 0 Å². The fourth-order valence-electron chi connectivity index (χ4n) is 0.992. The normalized spacial score (nSPS) is 19.2. The van der Waals surface area contributed by atoms with Crippen molar-refractivity contribution in [1.29, 1.82) is 0 Å². The van der Waals surface area contributed by atoms with Gasteiger partial charge in [-0.2, -0.15) is 0 Å². The Kier molecular flexibility index (Phi) is 2.74. The molecule has 1 rings (SSSR count). The van der Waals surface area contributed by atoms with Crippen molar-refractivity contribution >= 4 is 0 Å². The van der Waals surface area contributed by atoms with Crippen LogP contribution in [-0.2, 0) is 5.11 Å². The molecule has 0 saturated carbocycles. The van der Waals surface area contributed by atoms with Crippen molar-refractivity contribution in [1.82, 2.24) is 4.90 Å². The Morgan fingerprint density at radius 3 is 2.56 bits per heavy atom. The van der Waals surface area contributed by atoms with E-state index in [-0.39, 0.29) is 6.61 Å². The minimum atomic E-state index is 0.0660. The third kappa shape index (κ3) is 2.16. The molecule has 51 valence electrons. The van der Waals surface area contributed by atoms with Crippen molar-refractivity contribution in [3.05, 3.63) is 12.2 Å². The molecule has 0 unspecified atom stereocenters. The van der Waals surface area contributed by atoms with Gasteiger partial charge in [-0.3, -0.25) is 4.90 Å². The summed E-state index contributed by atoms with van der Waals surface area (Å²) in [4.78, 5) is 2.26. The van der Waals surface area contributed by atoms with Crippen LogP contribution in [0.5, 0.6) is 0 Å². The Morgan fingerprint density at radius 1 is 1.33 bits per heavy atom. The van der Waals surface area contributed by atoms with E-state index in [0.717, 1.165) is 26.1 Å². The molecular weight excluding hydrogens is 114 g/mol. The summed E-state index contributed by atoms with van der Waals surface area (Å²) in [6.45, 7) is 3.12. The third-order valence-electron chi connectivity index (χ3n) is 1.51. The van der Waals surface area contributed by atoms with Gasteiger partial charge in [0.15, 0.2) is 0 Å². The summed E-state index contributed by atoms with van der Waals surface area (Å²) in [5, 5.41) is 10.0. The van der Waals surface area contributed by atoms with Crippen molar-refractivity contribution in [2.24, 2.45) is 0 Å². The van der Waals surface area contributed by atoms with E-state index in [1.54, 1.807) is 0 Å². The fourth-order valence-corrected chi connectivity index (χ4v) is 0.992. The van der Waals surface area contributed by atoms with Crippen molar-refractivity contribution in [2.45, 2.75) is 6.42 Å². The predicted octanol–water partition coefficient (Wildman–Crippen LogP) is 0.679. The van der Waals surface area contributed by atoms with Gasteiger partial charge in [-0.1, -0.05) is 12.2 Å². The second-order valence-electron chi connectivity index (χ2n) is 2.29. The molecule has 1 heterocycles. The summed E-state index contributed by atoms with van der Waals surface area (Å²) in [5.74, 6) is 0. The van der Waals surface area contributed by atoms with Gasteiger partial charge in [0.05, 0.1) is 6.61 Å². The van der Waals surface area contributed by atoms with E-state index in [2.05, 4.69) is 17.1 Å². The molecule has 1 radical (unpaired) electrons. The summed E-state index contributed by atoms with van der Waals surface area (Å²) >= 11 is 0. The molecule has 1 aliphatic rings. The van der Waals surface area contributed by atoms with Crippen LogP contribution in [0.15, 0.2) is 12.2 Å². The third-order valence-corrected chi connectivity index (χ3v) is 1.51. The monoisotopic (exact) mass is 126 g/mol. The minimum absolute atomic E-state index is 0.0660. The number of rotatable bonds is 3. The number of hydrogen-bond acceptors (Lipinski definition) is 1. The van der Waals surface area contributed by atoms with Gasteiger partial charge in [-0.25, -0.2) is 5.11 Å². The first-order valence-electron chi connectivity index (χ1n) is 3.39. The average Bonchev–Trinajstić information content (AvgIpc) is 2.34. The molecule has 0 N–H and O–H groups in total. The SMILES string of the molecule is [O]CCCN1CC=CC1. The molecule has 1 aliphatic heterocycles. The molecule has 0 aromatic heterocycles. The lowest BCUT2D eigenvalue weighted by molar-refractivity contribution is 0.174. The molecule has 0 fully saturated rings. The van der Waals surface area contributed by atoms with Crippen LogP contribution in [0.1, 0.15) is 6.42 Å². The van der Waals surface area contributed by atoms with Gasteiger partial charge >= 0.3 is 0 Å². The lowest BCUT2D eigenvalue weighted by Gasteiger charge is -2.11. The second-order valence-corrected chi connectivity index (χ2v) is 2.29. The zero-order valence-electron chi connectivity index (χ0n) is 5.55. The highest BCUT2D eigenvalue weighted by atomic mass is 16.3. The molecule has 0 atom stereocenters. The largest absolute Gasteiger partial charge is 0.296 e. The van der Waals surface area contributed by atoms with Gasteiger partial charge in [-0.15, -0.1) is 0 Å². The molecule has 2 nitrogen and oxygen atoms in total. The van der Waals surface area contributed by atoms with E-state index < -0.39 is 0 Å². The maximum absolute atomic E-state index is 10.0. The summed E-state index contributed by atoms with van der Waals surface area (Å²) in [7, 11) is 0. The van der Waals surface area contributed by atoms with Crippen molar-refractivity contribution < 1.29 is 5.11 Å². The molecule has 0 aromatic rings. The van der Waals surface area contributed by atoms with Crippen molar-refractivity contribution in [3.8, 4) is 0 Å². The quantitative estimate of drug-likeness (QED) is 0.510. The second kappa shape index (κ2) is 3.64. The number of nitrogens with zero attached hydrogens (tertiary/aromatic N) is 1. The highest BCUT2D eigenvalue weighted by Crippen LogP contribution is 1.98. The van der Waals surface area contributed by atoms with E-state index in [1.165, 1.54) is 0 Å². The van der Waals surface area contributed by atoms with Crippen LogP contribution < -0.4 is 0 Å². The molecule has 0 aromatic carbocycles. The maximum atomic E-state index is 10.0. The highest BCUT2D eigenvalue weighted by Gasteiger charge is 2.03. The van der Waals surface area contributed by atoms with Gasteiger partial charge in [-0.05, 0) is 6.42 Å². The summed E-state index contributed by atoms with van der Waals surface area (Å²) < 4.78 is 0. The van der Waals surface area contributed by atoms with Crippen LogP contribution in [0.4, 0.5) is 0 Å². The number of hydrogen-bond donors (Lipinski definition) is 0. The molecule has 0 spiro atoms. The standard InChI is InChI=1S/C7H12NO/c9-7-3-6-8-4-1-2-5-8/h1-2H,3-7H2. The zero-order chi connectivity index (χ0) is 6.53.